The zero-order valence-corrected chi connectivity index (χ0v) is 10.4. The highest BCUT2D eigenvalue weighted by Crippen LogP contribution is 2.26. The molecule has 12 heavy (non-hydrogen) atoms. The number of nitrogens with zero attached hydrogens (tertiary/aromatic N) is 1. The fourth-order valence-corrected chi connectivity index (χ4v) is 2.40. The van der Waals surface area contributed by atoms with E-state index in [1.807, 2.05) is 0 Å². The number of thioether (sulfide) groups is 1. The summed E-state index contributed by atoms with van der Waals surface area (Å²) in [5.41, 5.74) is 0. The van der Waals surface area contributed by atoms with Crippen LogP contribution >= 0.6 is 35.7 Å². The van der Waals surface area contributed by atoms with Gasteiger partial charge in [0.2, 0.25) is 0 Å². The van der Waals surface area contributed by atoms with Gasteiger partial charge in [0.15, 0.2) is 5.17 Å². The topological polar surface area (TPSA) is 24.4 Å². The van der Waals surface area contributed by atoms with Gasteiger partial charge in [-0.1, -0.05) is 24.6 Å². The van der Waals surface area contributed by atoms with Crippen LogP contribution in [0.4, 0.5) is 0 Å². The first-order chi connectivity index (χ1) is 5.40. The fraction of sp³-hybridized carbons (Fsp3) is 0.875. The van der Waals surface area contributed by atoms with Crippen LogP contribution in [0.25, 0.3) is 0 Å². The first-order valence-electron chi connectivity index (χ1n) is 4.28. The zero-order chi connectivity index (χ0) is 7.68. The second-order valence-corrected chi connectivity index (χ2v) is 4.04. The lowest BCUT2D eigenvalue weighted by molar-refractivity contribution is 0.385. The Balaban J connectivity index is 0.000000720. The number of hydrogen-bond acceptors (Lipinski definition) is 3. The molecule has 1 aliphatic carbocycles. The van der Waals surface area contributed by atoms with Crippen LogP contribution in [0.2, 0.25) is 0 Å². The minimum absolute atomic E-state index is 0. The molecule has 0 radical (unpaired) electrons. The van der Waals surface area contributed by atoms with Gasteiger partial charge in [0.25, 0.3) is 0 Å². The van der Waals surface area contributed by atoms with Crippen molar-refractivity contribution in [2.75, 3.05) is 6.26 Å². The molecule has 2 atom stereocenters. The van der Waals surface area contributed by atoms with Crippen LogP contribution < -0.4 is 5.32 Å². The van der Waals surface area contributed by atoms with E-state index in [0.29, 0.717) is 12.1 Å². The molecule has 1 saturated carbocycles. The molecule has 0 unspecified atom stereocenters. The van der Waals surface area contributed by atoms with Crippen molar-refractivity contribution in [2.45, 2.75) is 37.8 Å². The second-order valence-electron chi connectivity index (χ2n) is 3.24. The first kappa shape index (κ1) is 10.6. The van der Waals surface area contributed by atoms with Crippen molar-refractivity contribution in [1.29, 1.82) is 0 Å². The lowest BCUT2D eigenvalue weighted by atomic mass is 9.92. The maximum Gasteiger partial charge on any atom is 0.156 e. The van der Waals surface area contributed by atoms with E-state index in [0.717, 1.165) is 5.17 Å². The molecule has 0 saturated heterocycles. The number of aliphatic imine (C=N–C) groups is 1. The molecule has 1 fully saturated rings. The number of rotatable bonds is 0. The molecule has 1 N–H and O–H groups in total. The number of halogens is 1. The maximum absolute atomic E-state index is 4.60. The summed E-state index contributed by atoms with van der Waals surface area (Å²) in [7, 11) is 0. The van der Waals surface area contributed by atoms with Crippen LogP contribution in [0, 0.1) is 0 Å². The van der Waals surface area contributed by atoms with Gasteiger partial charge in [0.1, 0.15) is 0 Å². The van der Waals surface area contributed by atoms with Gasteiger partial charge in [-0.2, -0.15) is 0 Å². The summed E-state index contributed by atoms with van der Waals surface area (Å²) in [6.07, 6.45) is 7.45. The van der Waals surface area contributed by atoms with Crippen LogP contribution in [-0.4, -0.2) is 23.5 Å². The van der Waals surface area contributed by atoms with Gasteiger partial charge >= 0.3 is 0 Å². The van der Waals surface area contributed by atoms with E-state index in [2.05, 4.69) is 16.6 Å². The number of hydrogen-bond donors (Lipinski definition) is 1. The van der Waals surface area contributed by atoms with Crippen LogP contribution in [0.1, 0.15) is 25.7 Å². The lowest BCUT2D eigenvalue weighted by Gasteiger charge is -2.22. The second kappa shape index (κ2) is 4.69. The third-order valence-electron chi connectivity index (χ3n) is 2.51. The van der Waals surface area contributed by atoms with E-state index in [1.165, 1.54) is 25.7 Å². The Morgan fingerprint density at radius 1 is 1.42 bits per heavy atom. The van der Waals surface area contributed by atoms with Gasteiger partial charge in [-0.15, -0.1) is 24.0 Å². The summed E-state index contributed by atoms with van der Waals surface area (Å²) in [6.45, 7) is 0. The Labute approximate surface area is 95.0 Å². The van der Waals surface area contributed by atoms with Gasteiger partial charge in [-0.25, -0.2) is 0 Å². The van der Waals surface area contributed by atoms with E-state index in [-0.39, 0.29) is 24.0 Å². The van der Waals surface area contributed by atoms with Crippen molar-refractivity contribution >= 4 is 40.9 Å². The Hall–Kier alpha value is 0.550. The summed E-state index contributed by atoms with van der Waals surface area (Å²) in [4.78, 5) is 4.60. The highest BCUT2D eigenvalue weighted by atomic mass is 127. The van der Waals surface area contributed by atoms with Crippen LogP contribution in [0.5, 0.6) is 0 Å². The maximum atomic E-state index is 4.60. The summed E-state index contributed by atoms with van der Waals surface area (Å²) in [6, 6.07) is 1.28. The standard InChI is InChI=1S/C8H14N2S.HI/c1-11-8-9-6-4-2-3-5-7(6)10-8;/h6-7H,2-5H2,1H3,(H,9,10);1H/t6-,7-;/m1./s1. The van der Waals surface area contributed by atoms with Crippen LogP contribution in [0.15, 0.2) is 4.99 Å². The van der Waals surface area contributed by atoms with Gasteiger partial charge in [-0.05, 0) is 19.1 Å². The molecule has 0 aromatic carbocycles. The van der Waals surface area contributed by atoms with Crippen molar-refractivity contribution in [2.24, 2.45) is 4.99 Å². The van der Waals surface area contributed by atoms with Crippen molar-refractivity contribution in [3.63, 3.8) is 0 Å². The Bertz CT molecular complexity index is 184. The Morgan fingerprint density at radius 2 is 2.17 bits per heavy atom. The molecule has 0 aromatic heterocycles. The van der Waals surface area contributed by atoms with Crippen molar-refractivity contribution < 1.29 is 0 Å². The number of nitrogens with one attached hydrogen (secondary N) is 1. The highest BCUT2D eigenvalue weighted by molar-refractivity contribution is 14.0. The van der Waals surface area contributed by atoms with E-state index < -0.39 is 0 Å². The Morgan fingerprint density at radius 3 is 2.83 bits per heavy atom. The average Bonchev–Trinajstić information content (AvgIpc) is 2.46. The summed E-state index contributed by atoms with van der Waals surface area (Å²) in [5, 5.41) is 4.61. The largest absolute Gasteiger partial charge is 0.360 e. The van der Waals surface area contributed by atoms with Crippen molar-refractivity contribution in [1.82, 2.24) is 5.32 Å². The predicted octanol–water partition coefficient (Wildman–Crippen LogP) is 2.24. The summed E-state index contributed by atoms with van der Waals surface area (Å²) in [5.74, 6) is 0. The third kappa shape index (κ3) is 2.07. The smallest absolute Gasteiger partial charge is 0.156 e. The first-order valence-corrected chi connectivity index (χ1v) is 5.51. The van der Waals surface area contributed by atoms with E-state index in [4.69, 9.17) is 0 Å². The van der Waals surface area contributed by atoms with Crippen molar-refractivity contribution in [3.05, 3.63) is 0 Å². The van der Waals surface area contributed by atoms with Crippen LogP contribution in [0.3, 0.4) is 0 Å². The SMILES string of the molecule is CSC1=N[C@@H]2CCCC[C@H]2N1.I. The lowest BCUT2D eigenvalue weighted by Crippen LogP contribution is -2.35. The third-order valence-corrected chi connectivity index (χ3v) is 3.12. The van der Waals surface area contributed by atoms with Gasteiger partial charge in [-0.3, -0.25) is 4.99 Å². The molecule has 2 rings (SSSR count). The normalized spacial score (nSPS) is 32.9. The predicted molar refractivity (Wildman–Crippen MR) is 65.5 cm³/mol. The Kier molecular flexibility index (Phi) is 4.16. The van der Waals surface area contributed by atoms with E-state index in [9.17, 15) is 0 Å². The minimum Gasteiger partial charge on any atom is -0.360 e. The molecule has 1 heterocycles. The molecule has 0 bridgehead atoms. The molecular weight excluding hydrogens is 283 g/mol. The molecule has 0 aromatic rings. The van der Waals surface area contributed by atoms with E-state index in [1.54, 1.807) is 11.8 Å². The fourth-order valence-electron chi connectivity index (χ4n) is 1.89. The summed E-state index contributed by atoms with van der Waals surface area (Å²) >= 11 is 1.74. The number of fused-ring (bicyclic) bond motifs is 1. The summed E-state index contributed by atoms with van der Waals surface area (Å²) < 4.78 is 0. The molecule has 2 aliphatic rings. The highest BCUT2D eigenvalue weighted by Gasteiger charge is 2.29. The monoisotopic (exact) mass is 298 g/mol. The van der Waals surface area contributed by atoms with Gasteiger partial charge in [0.05, 0.1) is 12.1 Å². The molecule has 0 spiro atoms. The molecular formula is C8H15IN2S. The minimum atomic E-state index is 0. The molecule has 1 aliphatic heterocycles. The average molecular weight is 298 g/mol. The number of amidine groups is 1. The molecule has 0 amide bonds. The molecule has 4 heteroatoms. The van der Waals surface area contributed by atoms with E-state index >= 15 is 0 Å². The zero-order valence-electron chi connectivity index (χ0n) is 7.25. The van der Waals surface area contributed by atoms with Crippen LogP contribution in [-0.2, 0) is 0 Å². The van der Waals surface area contributed by atoms with Crippen molar-refractivity contribution in [3.8, 4) is 0 Å². The quantitative estimate of drug-likeness (QED) is 0.694. The van der Waals surface area contributed by atoms with Gasteiger partial charge in [0, 0.05) is 0 Å². The molecule has 2 nitrogen and oxygen atoms in total. The molecule has 70 valence electrons. The van der Waals surface area contributed by atoms with Gasteiger partial charge < -0.3 is 5.32 Å².